The predicted molar refractivity (Wildman–Crippen MR) is 45.8 cm³/mol. The molecule has 0 aromatic heterocycles. The summed E-state index contributed by atoms with van der Waals surface area (Å²) in [4.78, 5) is 37.0. The molecule has 74 valence electrons. The minimum absolute atomic E-state index is 0.286. The van der Waals surface area contributed by atoms with Crippen LogP contribution in [0.3, 0.4) is 0 Å². The average molecular weight is 196 g/mol. The van der Waals surface area contributed by atoms with Crippen LogP contribution in [-0.2, 0) is 19.1 Å². The number of rotatable bonds is 5. The Morgan fingerprint density at radius 3 is 2.64 bits per heavy atom. The third-order valence-electron chi connectivity index (χ3n) is 1.21. The molecule has 0 aliphatic rings. The minimum atomic E-state index is -1.52. The molecule has 0 bridgehead atoms. The predicted octanol–water partition coefficient (Wildman–Crippen LogP) is 0.103. The van der Waals surface area contributed by atoms with Gasteiger partial charge in [0.1, 0.15) is 6.54 Å². The van der Waals surface area contributed by atoms with Crippen molar-refractivity contribution in [3.63, 3.8) is 0 Å². The van der Waals surface area contributed by atoms with Gasteiger partial charge < -0.3 is 4.74 Å². The first kappa shape index (κ1) is 12.0. The van der Waals surface area contributed by atoms with Crippen LogP contribution in [0.1, 0.15) is 6.92 Å². The van der Waals surface area contributed by atoms with E-state index < -0.39 is 11.7 Å². The van der Waals surface area contributed by atoms with Crippen LogP contribution in [0.4, 0.5) is 0 Å². The highest BCUT2D eigenvalue weighted by atomic mass is 16.6. The molecule has 0 rings (SSSR count). The van der Waals surface area contributed by atoms with E-state index in [-0.39, 0.29) is 6.54 Å². The van der Waals surface area contributed by atoms with E-state index in [1.165, 1.54) is 19.1 Å². The zero-order valence-electron chi connectivity index (χ0n) is 7.52. The lowest BCUT2D eigenvalue weighted by Gasteiger charge is -2.19. The molecule has 0 N–H and O–H groups in total. The Kier molecular flexibility index (Phi) is 4.78. The van der Waals surface area contributed by atoms with Crippen molar-refractivity contribution in [3.8, 4) is 0 Å². The van der Waals surface area contributed by atoms with Gasteiger partial charge in [0, 0.05) is 6.08 Å². The zero-order chi connectivity index (χ0) is 11.0. The molecule has 0 fully saturated rings. The highest BCUT2D eigenvalue weighted by molar-refractivity contribution is 5.81. The molecule has 0 saturated carbocycles. The van der Waals surface area contributed by atoms with Gasteiger partial charge in [0.25, 0.3) is 0 Å². The van der Waals surface area contributed by atoms with Gasteiger partial charge in [-0.05, 0) is 6.92 Å². The summed E-state index contributed by atoms with van der Waals surface area (Å²) in [5, 5.41) is 0. The van der Waals surface area contributed by atoms with Crippen molar-refractivity contribution >= 4 is 18.1 Å². The molecule has 6 nitrogen and oxygen atoms in total. The van der Waals surface area contributed by atoms with Crippen molar-refractivity contribution < 1.29 is 19.1 Å². The van der Waals surface area contributed by atoms with E-state index >= 15 is 0 Å². The highest BCUT2D eigenvalue weighted by Gasteiger charge is 2.27. The number of carbonyl (C=O) groups is 1. The Balaban J connectivity index is 4.69. The normalized spacial score (nSPS) is 12.6. The molecule has 6 heteroatoms. The van der Waals surface area contributed by atoms with Gasteiger partial charge >= 0.3 is 5.97 Å². The van der Waals surface area contributed by atoms with Crippen LogP contribution in [0.5, 0.6) is 0 Å². The maximum Gasteiger partial charge on any atom is 0.332 e. The first-order valence-corrected chi connectivity index (χ1v) is 3.56. The molecule has 1 atom stereocenters. The molecule has 0 spiro atoms. The Hall–Kier alpha value is -2.03. The van der Waals surface area contributed by atoms with Gasteiger partial charge in [-0.3, -0.25) is 0 Å². The van der Waals surface area contributed by atoms with E-state index in [1.807, 2.05) is 0 Å². The van der Waals surface area contributed by atoms with E-state index in [2.05, 4.69) is 21.3 Å². The quantitative estimate of drug-likeness (QED) is 0.270. The zero-order valence-corrected chi connectivity index (χ0v) is 7.52. The van der Waals surface area contributed by atoms with Gasteiger partial charge in [-0.25, -0.2) is 14.4 Å². The van der Waals surface area contributed by atoms with E-state index in [9.17, 15) is 14.4 Å². The molecule has 0 radical (unpaired) electrons. The van der Waals surface area contributed by atoms with Gasteiger partial charge in [-0.2, -0.15) is 9.98 Å². The van der Waals surface area contributed by atoms with Gasteiger partial charge in [-0.1, -0.05) is 6.58 Å². The van der Waals surface area contributed by atoms with Crippen molar-refractivity contribution in [2.24, 2.45) is 9.98 Å². The summed E-state index contributed by atoms with van der Waals surface area (Å²) in [6.45, 7) is 4.18. The average Bonchev–Trinajstić information content (AvgIpc) is 2.15. The second-order valence-electron chi connectivity index (χ2n) is 2.41. The third-order valence-corrected chi connectivity index (χ3v) is 1.21. The largest absolute Gasteiger partial charge is 0.431 e. The maximum absolute atomic E-state index is 10.8. The lowest BCUT2D eigenvalue weighted by Crippen LogP contribution is -2.32. The van der Waals surface area contributed by atoms with Crippen molar-refractivity contribution in [1.82, 2.24) is 0 Å². The van der Waals surface area contributed by atoms with Crippen molar-refractivity contribution in [2.45, 2.75) is 12.6 Å². The summed E-state index contributed by atoms with van der Waals surface area (Å²) < 4.78 is 4.67. The molecular formula is C8H8N2O4. The molecule has 1 unspecified atom stereocenters. The summed E-state index contributed by atoms with van der Waals surface area (Å²) in [6, 6.07) is 0. The van der Waals surface area contributed by atoms with Gasteiger partial charge in [0.05, 0.1) is 0 Å². The van der Waals surface area contributed by atoms with Crippen LogP contribution >= 0.6 is 0 Å². The number of hydrogen-bond acceptors (Lipinski definition) is 6. The van der Waals surface area contributed by atoms with E-state index in [4.69, 9.17) is 0 Å². The summed E-state index contributed by atoms with van der Waals surface area (Å²) >= 11 is 0. The Bertz CT molecular complexity index is 326. The van der Waals surface area contributed by atoms with Crippen LogP contribution in [0.25, 0.3) is 0 Å². The summed E-state index contributed by atoms with van der Waals surface area (Å²) in [7, 11) is 0. The van der Waals surface area contributed by atoms with E-state index in [1.54, 1.807) is 0 Å². The Morgan fingerprint density at radius 2 is 2.21 bits per heavy atom. The van der Waals surface area contributed by atoms with Crippen LogP contribution in [0.2, 0.25) is 0 Å². The molecule has 0 aliphatic carbocycles. The molecule has 14 heavy (non-hydrogen) atoms. The van der Waals surface area contributed by atoms with Gasteiger partial charge in [0.2, 0.25) is 17.9 Å². The molecule has 0 heterocycles. The standard InChI is InChI=1S/C8H8N2O4/c1-3-7(13)14-8(2,10-6-12)4-9-5-11/h3H,1,4H2,2H3. The Labute approximate surface area is 80.0 Å². The first-order chi connectivity index (χ1) is 6.58. The fraction of sp³-hybridized carbons (Fsp3) is 0.375. The van der Waals surface area contributed by atoms with Crippen LogP contribution < -0.4 is 0 Å². The van der Waals surface area contributed by atoms with Crippen LogP contribution in [-0.4, -0.2) is 30.4 Å². The van der Waals surface area contributed by atoms with E-state index in [0.29, 0.717) is 0 Å². The molecule has 0 aromatic rings. The fourth-order valence-electron chi connectivity index (χ4n) is 0.624. The molecule has 0 amide bonds. The summed E-state index contributed by atoms with van der Waals surface area (Å²) in [5.41, 5.74) is -1.52. The SMILES string of the molecule is C=CC(=O)OC(C)(CN=C=O)N=C=O. The van der Waals surface area contributed by atoms with E-state index in [0.717, 1.165) is 6.08 Å². The second-order valence-corrected chi connectivity index (χ2v) is 2.41. The maximum atomic E-state index is 10.8. The minimum Gasteiger partial charge on any atom is -0.431 e. The smallest absolute Gasteiger partial charge is 0.332 e. The second kappa shape index (κ2) is 5.59. The van der Waals surface area contributed by atoms with Crippen LogP contribution in [0, 0.1) is 0 Å². The number of hydrogen-bond donors (Lipinski definition) is 0. The van der Waals surface area contributed by atoms with Crippen molar-refractivity contribution in [2.75, 3.05) is 6.54 Å². The van der Waals surface area contributed by atoms with Crippen molar-refractivity contribution in [1.29, 1.82) is 0 Å². The topological polar surface area (TPSA) is 85.2 Å². The molecule has 0 aliphatic heterocycles. The number of ether oxygens (including phenoxy) is 1. The van der Waals surface area contributed by atoms with Crippen LogP contribution in [0.15, 0.2) is 22.6 Å². The highest BCUT2D eigenvalue weighted by Crippen LogP contribution is 2.12. The summed E-state index contributed by atoms with van der Waals surface area (Å²) in [5.74, 6) is -0.771. The number of aliphatic imine (C=N–C) groups is 2. The third kappa shape index (κ3) is 4.11. The number of esters is 1. The van der Waals surface area contributed by atoms with Gasteiger partial charge in [0.15, 0.2) is 0 Å². The van der Waals surface area contributed by atoms with Crippen molar-refractivity contribution in [3.05, 3.63) is 12.7 Å². The lowest BCUT2D eigenvalue weighted by atomic mass is 10.3. The monoisotopic (exact) mass is 196 g/mol. The fourth-order valence-corrected chi connectivity index (χ4v) is 0.624. The number of isocyanates is 2. The molecule has 0 aromatic carbocycles. The molecule has 0 saturated heterocycles. The number of carbonyl (C=O) groups excluding carboxylic acids is 3. The Morgan fingerprint density at radius 1 is 1.57 bits per heavy atom. The lowest BCUT2D eigenvalue weighted by molar-refractivity contribution is -0.149. The number of nitrogens with zero attached hydrogens (tertiary/aromatic N) is 2. The summed E-state index contributed by atoms with van der Waals surface area (Å²) in [6.07, 6.45) is 3.37. The molecular weight excluding hydrogens is 188 g/mol. The van der Waals surface area contributed by atoms with Gasteiger partial charge in [-0.15, -0.1) is 0 Å². The first-order valence-electron chi connectivity index (χ1n) is 3.56.